The lowest BCUT2D eigenvalue weighted by Gasteiger charge is -2.40. The molecule has 2 aliphatic heterocycles. The molecule has 2 fully saturated rings. The standard InChI is InChI=1S/C20H27N7O2/c1-20(2)16-11-22-18(27(21)15-8-14(9-15)25-29)24-17(16)12-26(20)19(28)23-10-13-6-4-3-5-7-13/h3-7,11,14-15,18,22H,8-10,12,21H2,1-2H3,(H,23,28)/t14-,15+,18?. The summed E-state index contributed by atoms with van der Waals surface area (Å²) in [4.78, 5) is 30.0. The second-order valence-electron chi connectivity index (χ2n) is 8.30. The number of carbonyl (C=O) groups excluding carboxylic acids is 1. The number of rotatable bonds is 5. The molecule has 1 atom stereocenters. The fourth-order valence-corrected chi connectivity index (χ4v) is 4.08. The Morgan fingerprint density at radius 3 is 2.79 bits per heavy atom. The maximum absolute atomic E-state index is 12.9. The Morgan fingerprint density at radius 2 is 2.10 bits per heavy atom. The van der Waals surface area contributed by atoms with Gasteiger partial charge in [-0.05, 0) is 32.3 Å². The number of nitroso groups, excluding NO2 is 1. The minimum atomic E-state index is -0.486. The molecule has 4 N–H and O–H groups in total. The summed E-state index contributed by atoms with van der Waals surface area (Å²) in [6, 6.07) is 9.63. The molecule has 154 valence electrons. The highest BCUT2D eigenvalue weighted by Crippen LogP contribution is 2.35. The van der Waals surface area contributed by atoms with Gasteiger partial charge in [0.2, 0.25) is 0 Å². The molecule has 1 aromatic rings. The maximum Gasteiger partial charge on any atom is 0.318 e. The Morgan fingerprint density at radius 1 is 1.38 bits per heavy atom. The number of carbonyl (C=O) groups is 1. The van der Waals surface area contributed by atoms with Gasteiger partial charge in [0, 0.05) is 24.4 Å². The van der Waals surface area contributed by atoms with E-state index < -0.39 is 11.8 Å². The number of amides is 2. The van der Waals surface area contributed by atoms with E-state index in [4.69, 9.17) is 10.8 Å². The lowest BCUT2D eigenvalue weighted by Crippen LogP contribution is -2.58. The van der Waals surface area contributed by atoms with Crippen LogP contribution in [0.1, 0.15) is 32.3 Å². The molecule has 1 saturated heterocycles. The van der Waals surface area contributed by atoms with Crippen LogP contribution in [0.2, 0.25) is 0 Å². The highest BCUT2D eigenvalue weighted by atomic mass is 16.3. The first-order valence-corrected chi connectivity index (χ1v) is 9.89. The van der Waals surface area contributed by atoms with Crippen LogP contribution < -0.4 is 16.5 Å². The fourth-order valence-electron chi connectivity index (χ4n) is 4.08. The van der Waals surface area contributed by atoms with Gasteiger partial charge in [0.05, 0.1) is 23.8 Å². The van der Waals surface area contributed by atoms with E-state index in [1.807, 2.05) is 50.4 Å². The smallest absolute Gasteiger partial charge is 0.318 e. The molecule has 3 aliphatic rings. The van der Waals surface area contributed by atoms with Crippen molar-refractivity contribution in [3.05, 3.63) is 52.6 Å². The van der Waals surface area contributed by atoms with E-state index in [0.29, 0.717) is 25.9 Å². The minimum absolute atomic E-state index is 0.0780. The first-order chi connectivity index (χ1) is 13.9. The quantitative estimate of drug-likeness (QED) is 0.397. The summed E-state index contributed by atoms with van der Waals surface area (Å²) < 4.78 is 0. The number of urea groups is 1. The van der Waals surface area contributed by atoms with Crippen LogP contribution in [0.3, 0.4) is 0 Å². The third-order valence-electron chi connectivity index (χ3n) is 6.08. The van der Waals surface area contributed by atoms with Crippen LogP contribution in [0.15, 0.2) is 52.3 Å². The largest absolute Gasteiger partial charge is 0.356 e. The van der Waals surface area contributed by atoms with Crippen LogP contribution in [-0.2, 0) is 6.54 Å². The van der Waals surface area contributed by atoms with Gasteiger partial charge in [-0.2, -0.15) is 4.91 Å². The minimum Gasteiger partial charge on any atom is -0.356 e. The molecule has 1 saturated carbocycles. The van der Waals surface area contributed by atoms with Gasteiger partial charge in [-0.3, -0.25) is 5.84 Å². The molecule has 0 aromatic heterocycles. The molecule has 1 aromatic carbocycles. The number of nitrogens with one attached hydrogen (secondary N) is 2. The summed E-state index contributed by atoms with van der Waals surface area (Å²) in [6.07, 6.45) is 2.80. The van der Waals surface area contributed by atoms with Crippen LogP contribution in [-0.4, -0.2) is 52.1 Å². The van der Waals surface area contributed by atoms with E-state index in [1.165, 1.54) is 0 Å². The average molecular weight is 397 g/mol. The number of hydrogen-bond acceptors (Lipinski definition) is 7. The molecule has 29 heavy (non-hydrogen) atoms. The zero-order chi connectivity index (χ0) is 20.6. The highest BCUT2D eigenvalue weighted by Gasteiger charge is 2.46. The van der Waals surface area contributed by atoms with Crippen LogP contribution in [0.25, 0.3) is 0 Å². The van der Waals surface area contributed by atoms with Crippen molar-refractivity contribution in [3.63, 3.8) is 0 Å². The van der Waals surface area contributed by atoms with Crippen LogP contribution in [0.5, 0.6) is 0 Å². The Balaban J connectivity index is 1.42. The number of hydrazine groups is 1. The van der Waals surface area contributed by atoms with Gasteiger partial charge in [0.25, 0.3) is 0 Å². The van der Waals surface area contributed by atoms with Gasteiger partial charge in [-0.1, -0.05) is 35.5 Å². The number of benzene rings is 1. The first-order valence-electron chi connectivity index (χ1n) is 9.89. The Bertz CT molecular complexity index is 846. The Hall–Kier alpha value is -2.78. The lowest BCUT2D eigenvalue weighted by atomic mass is 9.87. The second kappa shape index (κ2) is 7.57. The molecule has 2 amide bonds. The van der Waals surface area contributed by atoms with E-state index in [0.717, 1.165) is 16.8 Å². The highest BCUT2D eigenvalue weighted by molar-refractivity contribution is 6.08. The molecule has 9 heteroatoms. The molecular weight excluding hydrogens is 370 g/mol. The molecule has 1 unspecified atom stereocenters. The zero-order valence-corrected chi connectivity index (χ0v) is 16.7. The summed E-state index contributed by atoms with van der Waals surface area (Å²) >= 11 is 0. The van der Waals surface area contributed by atoms with Crippen molar-refractivity contribution in [2.75, 3.05) is 6.54 Å². The number of aliphatic imine (C=N–C) groups is 1. The number of nitrogens with zero attached hydrogens (tertiary/aromatic N) is 4. The number of hydrogen-bond donors (Lipinski definition) is 3. The van der Waals surface area contributed by atoms with E-state index in [1.54, 1.807) is 9.91 Å². The van der Waals surface area contributed by atoms with Crippen molar-refractivity contribution in [2.24, 2.45) is 16.0 Å². The number of nitrogens with two attached hydrogens (primary N) is 1. The molecule has 4 rings (SSSR count). The van der Waals surface area contributed by atoms with E-state index in [2.05, 4.69) is 15.8 Å². The maximum atomic E-state index is 12.9. The van der Waals surface area contributed by atoms with Crippen LogP contribution >= 0.6 is 0 Å². The van der Waals surface area contributed by atoms with Gasteiger partial charge in [0.1, 0.15) is 0 Å². The van der Waals surface area contributed by atoms with Crippen molar-refractivity contribution in [2.45, 2.75) is 57.1 Å². The topological polar surface area (TPSA) is 115 Å². The Kier molecular flexibility index (Phi) is 5.10. The number of fused-ring (bicyclic) bond motifs is 1. The SMILES string of the molecule is CC1(C)C2=CNC(N(N)[C@H]3C[C@@H](N=O)C3)N=C2CN1C(=O)NCc1ccccc1. The fraction of sp³-hybridized carbons (Fsp3) is 0.500. The molecule has 0 radical (unpaired) electrons. The summed E-state index contributed by atoms with van der Waals surface area (Å²) in [5.41, 5.74) is 2.41. The molecule has 2 heterocycles. The van der Waals surface area contributed by atoms with Crippen molar-refractivity contribution >= 4 is 11.7 Å². The van der Waals surface area contributed by atoms with Crippen molar-refractivity contribution < 1.29 is 4.79 Å². The molecule has 0 spiro atoms. The second-order valence-corrected chi connectivity index (χ2v) is 8.30. The predicted molar refractivity (Wildman–Crippen MR) is 111 cm³/mol. The third kappa shape index (κ3) is 3.63. The monoisotopic (exact) mass is 397 g/mol. The first kappa shape index (κ1) is 19.5. The molecule has 0 bridgehead atoms. The van der Waals surface area contributed by atoms with Gasteiger partial charge in [-0.15, -0.1) is 0 Å². The lowest BCUT2D eigenvalue weighted by molar-refractivity contribution is 0.0604. The van der Waals surface area contributed by atoms with Gasteiger partial charge >= 0.3 is 6.03 Å². The van der Waals surface area contributed by atoms with E-state index >= 15 is 0 Å². The molecule has 1 aliphatic carbocycles. The van der Waals surface area contributed by atoms with Gasteiger partial charge in [-0.25, -0.2) is 14.8 Å². The summed E-state index contributed by atoms with van der Waals surface area (Å²) in [6.45, 7) is 4.92. The van der Waals surface area contributed by atoms with Crippen LogP contribution in [0, 0.1) is 4.91 Å². The Labute approximate surface area is 170 Å². The van der Waals surface area contributed by atoms with Crippen molar-refractivity contribution in [1.29, 1.82) is 0 Å². The van der Waals surface area contributed by atoms with Crippen molar-refractivity contribution in [3.8, 4) is 0 Å². The molecular formula is C20H27N7O2. The third-order valence-corrected chi connectivity index (χ3v) is 6.08. The summed E-state index contributed by atoms with van der Waals surface area (Å²) in [7, 11) is 0. The van der Waals surface area contributed by atoms with Gasteiger partial charge in [0.15, 0.2) is 6.29 Å². The van der Waals surface area contributed by atoms with Crippen LogP contribution in [0.4, 0.5) is 4.79 Å². The summed E-state index contributed by atoms with van der Waals surface area (Å²) in [5.74, 6) is 6.23. The number of likely N-dealkylation sites (tertiary alicyclic amines) is 1. The summed E-state index contributed by atoms with van der Waals surface area (Å²) in [5, 5.41) is 10.9. The van der Waals surface area contributed by atoms with Gasteiger partial charge < -0.3 is 15.5 Å². The van der Waals surface area contributed by atoms with Crippen molar-refractivity contribution in [1.82, 2.24) is 20.5 Å². The zero-order valence-electron chi connectivity index (χ0n) is 16.7. The molecule has 9 nitrogen and oxygen atoms in total. The average Bonchev–Trinajstić information content (AvgIpc) is 2.96. The van der Waals surface area contributed by atoms with E-state index in [-0.39, 0.29) is 18.1 Å². The predicted octanol–water partition coefficient (Wildman–Crippen LogP) is 1.68. The van der Waals surface area contributed by atoms with E-state index in [9.17, 15) is 9.70 Å². The normalized spacial score (nSPS) is 27.3.